The minimum atomic E-state index is -0.388. The SMILES string of the molecule is CC(C)Oc1ccc(C(C)NC(=O)NCCC(O)C(C)C)cc1. The third-order valence-electron chi connectivity index (χ3n) is 3.59. The van der Waals surface area contributed by atoms with Gasteiger partial charge in [0.1, 0.15) is 5.75 Å². The number of nitrogens with one attached hydrogen (secondary N) is 2. The number of aliphatic hydroxyl groups excluding tert-OH is 1. The molecule has 0 aliphatic rings. The topological polar surface area (TPSA) is 70.6 Å². The van der Waals surface area contributed by atoms with Crippen LogP contribution in [0.5, 0.6) is 5.75 Å². The molecule has 1 aromatic carbocycles. The fourth-order valence-electron chi connectivity index (χ4n) is 2.11. The van der Waals surface area contributed by atoms with Crippen molar-refractivity contribution in [3.8, 4) is 5.75 Å². The number of ether oxygens (including phenoxy) is 1. The summed E-state index contributed by atoms with van der Waals surface area (Å²) < 4.78 is 5.60. The molecule has 1 rings (SSSR count). The van der Waals surface area contributed by atoms with Gasteiger partial charge in [-0.1, -0.05) is 26.0 Å². The van der Waals surface area contributed by atoms with Crippen molar-refractivity contribution in [2.75, 3.05) is 6.54 Å². The van der Waals surface area contributed by atoms with Crippen LogP contribution in [0.4, 0.5) is 4.79 Å². The molecule has 0 bridgehead atoms. The number of rotatable bonds is 8. The second-order valence-electron chi connectivity index (χ2n) is 6.46. The molecule has 0 spiro atoms. The quantitative estimate of drug-likeness (QED) is 0.688. The number of amides is 2. The molecule has 23 heavy (non-hydrogen) atoms. The largest absolute Gasteiger partial charge is 0.491 e. The van der Waals surface area contributed by atoms with Crippen LogP contribution in [0.15, 0.2) is 24.3 Å². The summed E-state index contributed by atoms with van der Waals surface area (Å²) in [6.45, 7) is 10.3. The summed E-state index contributed by atoms with van der Waals surface area (Å²) in [6, 6.07) is 7.39. The fourth-order valence-corrected chi connectivity index (χ4v) is 2.11. The van der Waals surface area contributed by atoms with E-state index in [1.807, 2.05) is 58.9 Å². The van der Waals surface area contributed by atoms with Crippen molar-refractivity contribution in [1.29, 1.82) is 0 Å². The molecule has 0 aromatic heterocycles. The number of carbonyl (C=O) groups excluding carboxylic acids is 1. The molecule has 3 N–H and O–H groups in total. The van der Waals surface area contributed by atoms with E-state index in [9.17, 15) is 9.90 Å². The van der Waals surface area contributed by atoms with E-state index in [2.05, 4.69) is 10.6 Å². The molecule has 0 fully saturated rings. The van der Waals surface area contributed by atoms with Gasteiger partial charge in [-0.2, -0.15) is 0 Å². The number of urea groups is 1. The minimum Gasteiger partial charge on any atom is -0.491 e. The van der Waals surface area contributed by atoms with Crippen molar-refractivity contribution < 1.29 is 14.6 Å². The normalized spacial score (nSPS) is 13.7. The molecular formula is C18H30N2O3. The van der Waals surface area contributed by atoms with Gasteiger partial charge in [-0.3, -0.25) is 0 Å². The van der Waals surface area contributed by atoms with Gasteiger partial charge in [0.15, 0.2) is 0 Å². The molecule has 0 saturated heterocycles. The lowest BCUT2D eigenvalue weighted by Crippen LogP contribution is -2.38. The van der Waals surface area contributed by atoms with Gasteiger partial charge in [0.25, 0.3) is 0 Å². The van der Waals surface area contributed by atoms with Gasteiger partial charge in [0.2, 0.25) is 0 Å². The van der Waals surface area contributed by atoms with E-state index in [1.54, 1.807) is 0 Å². The maximum absolute atomic E-state index is 11.9. The lowest BCUT2D eigenvalue weighted by Gasteiger charge is -2.18. The van der Waals surface area contributed by atoms with Crippen molar-refractivity contribution in [3.05, 3.63) is 29.8 Å². The van der Waals surface area contributed by atoms with Gasteiger partial charge in [0.05, 0.1) is 18.2 Å². The summed E-state index contributed by atoms with van der Waals surface area (Å²) in [5, 5.41) is 15.4. The zero-order valence-corrected chi connectivity index (χ0v) is 14.8. The summed E-state index contributed by atoms with van der Waals surface area (Å²) >= 11 is 0. The molecule has 0 aliphatic heterocycles. The number of hydrogen-bond acceptors (Lipinski definition) is 3. The van der Waals surface area contributed by atoms with Crippen molar-refractivity contribution in [2.24, 2.45) is 5.92 Å². The van der Waals surface area contributed by atoms with E-state index in [-0.39, 0.29) is 30.2 Å². The molecule has 0 saturated carbocycles. The second-order valence-corrected chi connectivity index (χ2v) is 6.46. The zero-order chi connectivity index (χ0) is 17.4. The lowest BCUT2D eigenvalue weighted by atomic mass is 10.0. The van der Waals surface area contributed by atoms with Crippen LogP contribution in [0.25, 0.3) is 0 Å². The predicted molar refractivity (Wildman–Crippen MR) is 92.6 cm³/mol. The van der Waals surface area contributed by atoms with Crippen LogP contribution >= 0.6 is 0 Å². The van der Waals surface area contributed by atoms with E-state index >= 15 is 0 Å². The first-order valence-corrected chi connectivity index (χ1v) is 8.28. The Hall–Kier alpha value is -1.75. The molecule has 2 unspecified atom stereocenters. The van der Waals surface area contributed by atoms with Crippen molar-refractivity contribution in [1.82, 2.24) is 10.6 Å². The van der Waals surface area contributed by atoms with Gasteiger partial charge in [0, 0.05) is 6.54 Å². The standard InChI is InChI=1S/C18H30N2O3/c1-12(2)17(21)10-11-19-18(22)20-14(5)15-6-8-16(9-7-15)23-13(3)4/h6-9,12-14,17,21H,10-11H2,1-5H3,(H2,19,20,22). The van der Waals surface area contributed by atoms with Crippen LogP contribution in [0.1, 0.15) is 52.6 Å². The first-order valence-electron chi connectivity index (χ1n) is 8.28. The molecule has 5 heteroatoms. The Morgan fingerprint density at radius 1 is 1.13 bits per heavy atom. The Bertz CT molecular complexity index is 472. The number of aliphatic hydroxyl groups is 1. The monoisotopic (exact) mass is 322 g/mol. The number of hydrogen-bond donors (Lipinski definition) is 3. The van der Waals surface area contributed by atoms with Gasteiger partial charge >= 0.3 is 6.03 Å². The van der Waals surface area contributed by atoms with Crippen molar-refractivity contribution in [2.45, 2.75) is 59.3 Å². The van der Waals surface area contributed by atoms with Crippen LogP contribution in [-0.2, 0) is 0 Å². The van der Waals surface area contributed by atoms with Gasteiger partial charge < -0.3 is 20.5 Å². The van der Waals surface area contributed by atoms with Crippen LogP contribution in [0, 0.1) is 5.92 Å². The molecular weight excluding hydrogens is 292 g/mol. The maximum atomic E-state index is 11.9. The van der Waals surface area contributed by atoms with Crippen LogP contribution in [0.2, 0.25) is 0 Å². The number of benzene rings is 1. The summed E-state index contributed by atoms with van der Waals surface area (Å²) in [5.41, 5.74) is 1.01. The van der Waals surface area contributed by atoms with E-state index < -0.39 is 0 Å². The average molecular weight is 322 g/mol. The van der Waals surface area contributed by atoms with Crippen LogP contribution < -0.4 is 15.4 Å². The number of carbonyl (C=O) groups is 1. The first-order chi connectivity index (χ1) is 10.8. The van der Waals surface area contributed by atoms with Crippen LogP contribution in [0.3, 0.4) is 0 Å². The van der Waals surface area contributed by atoms with E-state index in [0.29, 0.717) is 13.0 Å². The molecule has 130 valence electrons. The highest BCUT2D eigenvalue weighted by Gasteiger charge is 2.12. The zero-order valence-electron chi connectivity index (χ0n) is 14.8. The molecule has 5 nitrogen and oxygen atoms in total. The summed E-state index contributed by atoms with van der Waals surface area (Å²) in [4.78, 5) is 11.9. The van der Waals surface area contributed by atoms with Gasteiger partial charge in [-0.15, -0.1) is 0 Å². The summed E-state index contributed by atoms with van der Waals surface area (Å²) in [6.07, 6.45) is 0.311. The average Bonchev–Trinajstić information content (AvgIpc) is 2.46. The minimum absolute atomic E-state index is 0.0990. The van der Waals surface area contributed by atoms with Gasteiger partial charge in [-0.05, 0) is 50.8 Å². The Morgan fingerprint density at radius 3 is 2.26 bits per heavy atom. The molecule has 1 aromatic rings. The molecule has 0 heterocycles. The lowest BCUT2D eigenvalue weighted by molar-refractivity contribution is 0.116. The molecule has 2 atom stereocenters. The van der Waals surface area contributed by atoms with Crippen LogP contribution in [-0.4, -0.2) is 29.9 Å². The Kier molecular flexibility index (Phi) is 7.89. The van der Waals surface area contributed by atoms with E-state index in [1.165, 1.54) is 0 Å². The highest BCUT2D eigenvalue weighted by molar-refractivity contribution is 5.74. The summed E-state index contributed by atoms with van der Waals surface area (Å²) in [7, 11) is 0. The third-order valence-corrected chi connectivity index (χ3v) is 3.59. The Morgan fingerprint density at radius 2 is 1.74 bits per heavy atom. The fraction of sp³-hybridized carbons (Fsp3) is 0.611. The third kappa shape index (κ3) is 7.37. The highest BCUT2D eigenvalue weighted by atomic mass is 16.5. The van der Waals surface area contributed by atoms with Crippen molar-refractivity contribution in [3.63, 3.8) is 0 Å². The maximum Gasteiger partial charge on any atom is 0.315 e. The smallest absolute Gasteiger partial charge is 0.315 e. The predicted octanol–water partition coefficient (Wildman–Crippen LogP) is 3.24. The molecule has 0 aliphatic carbocycles. The van der Waals surface area contributed by atoms with E-state index in [4.69, 9.17) is 4.74 Å². The highest BCUT2D eigenvalue weighted by Crippen LogP contribution is 2.18. The van der Waals surface area contributed by atoms with Crippen molar-refractivity contribution >= 4 is 6.03 Å². The summed E-state index contributed by atoms with van der Waals surface area (Å²) in [5.74, 6) is 1.02. The van der Waals surface area contributed by atoms with Gasteiger partial charge in [-0.25, -0.2) is 4.79 Å². The first kappa shape index (κ1) is 19.3. The molecule has 2 amide bonds. The Balaban J connectivity index is 2.39. The Labute approximate surface area is 139 Å². The van der Waals surface area contributed by atoms with E-state index in [0.717, 1.165) is 11.3 Å². The molecule has 0 radical (unpaired) electrons. The second kappa shape index (κ2) is 9.40.